The van der Waals surface area contributed by atoms with E-state index in [-0.39, 0.29) is 11.8 Å². The molecule has 0 radical (unpaired) electrons. The Morgan fingerprint density at radius 2 is 1.58 bits per heavy atom. The molecule has 19 heavy (non-hydrogen) atoms. The van der Waals surface area contributed by atoms with E-state index in [9.17, 15) is 4.79 Å². The second kappa shape index (κ2) is 10.2. The Labute approximate surface area is 119 Å². The Morgan fingerprint density at radius 1 is 1.00 bits per heavy atom. The summed E-state index contributed by atoms with van der Waals surface area (Å²) >= 11 is 0. The molecule has 0 rings (SSSR count). The van der Waals surface area contributed by atoms with Gasteiger partial charge in [0.2, 0.25) is 5.91 Å². The summed E-state index contributed by atoms with van der Waals surface area (Å²) in [4.78, 5) is 16.1. The quantitative estimate of drug-likeness (QED) is 0.616. The third kappa shape index (κ3) is 9.91. The first-order chi connectivity index (χ1) is 8.84. The molecule has 0 heterocycles. The van der Waals surface area contributed by atoms with Crippen LogP contribution in [0.15, 0.2) is 0 Å². The van der Waals surface area contributed by atoms with Crippen molar-refractivity contribution in [1.82, 2.24) is 15.1 Å². The monoisotopic (exact) mass is 271 g/mol. The standard InChI is InChI=1S/C15H33N3O/c1-13(2)15(19)16-9-7-10-17(5)11-8-12-18(6)14(3)4/h13-14H,7-12H2,1-6H3,(H,16,19). The van der Waals surface area contributed by atoms with E-state index in [0.29, 0.717) is 6.04 Å². The molecule has 4 nitrogen and oxygen atoms in total. The summed E-state index contributed by atoms with van der Waals surface area (Å²) in [5.74, 6) is 0.241. The van der Waals surface area contributed by atoms with Gasteiger partial charge in [-0.2, -0.15) is 0 Å². The molecule has 0 aromatic heterocycles. The van der Waals surface area contributed by atoms with Crippen LogP contribution in [-0.2, 0) is 4.79 Å². The highest BCUT2D eigenvalue weighted by Crippen LogP contribution is 1.97. The molecule has 0 atom stereocenters. The SMILES string of the molecule is CC(C)C(=O)NCCCN(C)CCCN(C)C(C)C. The van der Waals surface area contributed by atoms with Crippen LogP contribution in [0.2, 0.25) is 0 Å². The number of hydrogen-bond acceptors (Lipinski definition) is 3. The molecule has 114 valence electrons. The first kappa shape index (κ1) is 18.4. The zero-order valence-corrected chi connectivity index (χ0v) is 13.7. The van der Waals surface area contributed by atoms with Crippen molar-refractivity contribution < 1.29 is 4.79 Å². The summed E-state index contributed by atoms with van der Waals surface area (Å²) in [6.07, 6.45) is 2.22. The van der Waals surface area contributed by atoms with E-state index in [4.69, 9.17) is 0 Å². The van der Waals surface area contributed by atoms with Crippen LogP contribution in [-0.4, -0.2) is 62.0 Å². The van der Waals surface area contributed by atoms with Crippen LogP contribution in [0.1, 0.15) is 40.5 Å². The van der Waals surface area contributed by atoms with Crippen molar-refractivity contribution in [1.29, 1.82) is 0 Å². The van der Waals surface area contributed by atoms with E-state index in [1.54, 1.807) is 0 Å². The van der Waals surface area contributed by atoms with Crippen molar-refractivity contribution in [2.75, 3.05) is 40.3 Å². The fourth-order valence-electron chi connectivity index (χ4n) is 1.72. The molecule has 0 aliphatic rings. The predicted octanol–water partition coefficient (Wildman–Crippen LogP) is 1.81. The van der Waals surface area contributed by atoms with Crippen molar-refractivity contribution in [3.8, 4) is 0 Å². The molecule has 0 bridgehead atoms. The van der Waals surface area contributed by atoms with E-state index in [2.05, 4.69) is 43.1 Å². The van der Waals surface area contributed by atoms with Crippen LogP contribution >= 0.6 is 0 Å². The van der Waals surface area contributed by atoms with E-state index < -0.39 is 0 Å². The fraction of sp³-hybridized carbons (Fsp3) is 0.933. The normalized spacial score (nSPS) is 11.9. The minimum absolute atomic E-state index is 0.0873. The molecule has 0 aliphatic carbocycles. The topological polar surface area (TPSA) is 35.6 Å². The van der Waals surface area contributed by atoms with Gasteiger partial charge in [0, 0.05) is 18.5 Å². The van der Waals surface area contributed by atoms with Gasteiger partial charge >= 0.3 is 0 Å². The zero-order valence-electron chi connectivity index (χ0n) is 13.7. The number of carbonyl (C=O) groups is 1. The maximum Gasteiger partial charge on any atom is 0.222 e. The average molecular weight is 271 g/mol. The number of carbonyl (C=O) groups excluding carboxylic acids is 1. The number of nitrogens with one attached hydrogen (secondary N) is 1. The van der Waals surface area contributed by atoms with Crippen molar-refractivity contribution in [3.05, 3.63) is 0 Å². The summed E-state index contributed by atoms with van der Waals surface area (Å²) in [5, 5.41) is 2.95. The highest BCUT2D eigenvalue weighted by Gasteiger charge is 2.06. The molecule has 0 aromatic carbocycles. The molecule has 1 amide bonds. The first-order valence-electron chi connectivity index (χ1n) is 7.51. The lowest BCUT2D eigenvalue weighted by Gasteiger charge is -2.23. The van der Waals surface area contributed by atoms with Crippen LogP contribution in [0, 0.1) is 5.92 Å². The van der Waals surface area contributed by atoms with Crippen LogP contribution in [0.25, 0.3) is 0 Å². The molecular formula is C15H33N3O. The van der Waals surface area contributed by atoms with Gasteiger partial charge in [0.15, 0.2) is 0 Å². The number of nitrogens with zero attached hydrogens (tertiary/aromatic N) is 2. The molecule has 0 saturated heterocycles. The maximum absolute atomic E-state index is 11.4. The second-order valence-corrected chi connectivity index (χ2v) is 6.03. The maximum atomic E-state index is 11.4. The Balaban J connectivity index is 3.50. The van der Waals surface area contributed by atoms with Crippen LogP contribution < -0.4 is 5.32 Å². The second-order valence-electron chi connectivity index (χ2n) is 6.03. The summed E-state index contributed by atoms with van der Waals surface area (Å²) in [5.41, 5.74) is 0. The third-order valence-corrected chi connectivity index (χ3v) is 3.47. The van der Waals surface area contributed by atoms with Crippen molar-refractivity contribution in [2.45, 2.75) is 46.6 Å². The van der Waals surface area contributed by atoms with Gasteiger partial charge in [0.25, 0.3) is 0 Å². The fourth-order valence-corrected chi connectivity index (χ4v) is 1.72. The molecule has 0 aromatic rings. The van der Waals surface area contributed by atoms with E-state index >= 15 is 0 Å². The summed E-state index contributed by atoms with van der Waals surface area (Å²) in [6.45, 7) is 12.4. The lowest BCUT2D eigenvalue weighted by atomic mass is 10.2. The number of hydrogen-bond donors (Lipinski definition) is 1. The van der Waals surface area contributed by atoms with Crippen LogP contribution in [0.3, 0.4) is 0 Å². The Bertz CT molecular complexity index is 242. The van der Waals surface area contributed by atoms with Crippen molar-refractivity contribution in [2.24, 2.45) is 5.92 Å². The molecule has 0 saturated carbocycles. The highest BCUT2D eigenvalue weighted by atomic mass is 16.1. The predicted molar refractivity (Wildman–Crippen MR) is 82.3 cm³/mol. The zero-order chi connectivity index (χ0) is 14.8. The Hall–Kier alpha value is -0.610. The largest absolute Gasteiger partial charge is 0.356 e. The summed E-state index contributed by atoms with van der Waals surface area (Å²) < 4.78 is 0. The lowest BCUT2D eigenvalue weighted by Crippen LogP contribution is -2.32. The van der Waals surface area contributed by atoms with Gasteiger partial charge in [-0.1, -0.05) is 13.8 Å². The molecule has 0 aliphatic heterocycles. The van der Waals surface area contributed by atoms with Gasteiger partial charge in [-0.25, -0.2) is 0 Å². The summed E-state index contributed by atoms with van der Waals surface area (Å²) in [6, 6.07) is 0.622. The van der Waals surface area contributed by atoms with Crippen molar-refractivity contribution >= 4 is 5.91 Å². The molecule has 4 heteroatoms. The van der Waals surface area contributed by atoms with Gasteiger partial charge in [-0.15, -0.1) is 0 Å². The van der Waals surface area contributed by atoms with Gasteiger partial charge < -0.3 is 15.1 Å². The van der Waals surface area contributed by atoms with Crippen LogP contribution in [0.5, 0.6) is 0 Å². The molecular weight excluding hydrogens is 238 g/mol. The molecule has 0 spiro atoms. The third-order valence-electron chi connectivity index (χ3n) is 3.47. The van der Waals surface area contributed by atoms with Crippen molar-refractivity contribution in [3.63, 3.8) is 0 Å². The van der Waals surface area contributed by atoms with Gasteiger partial charge in [-0.3, -0.25) is 4.79 Å². The number of amides is 1. The number of rotatable bonds is 10. The lowest BCUT2D eigenvalue weighted by molar-refractivity contribution is -0.123. The highest BCUT2D eigenvalue weighted by molar-refractivity contribution is 5.77. The first-order valence-corrected chi connectivity index (χ1v) is 7.51. The molecule has 0 fully saturated rings. The van der Waals surface area contributed by atoms with Gasteiger partial charge in [0.1, 0.15) is 0 Å². The average Bonchev–Trinajstić information content (AvgIpc) is 2.33. The van der Waals surface area contributed by atoms with Gasteiger partial charge in [0.05, 0.1) is 0 Å². The molecule has 1 N–H and O–H groups in total. The minimum atomic E-state index is 0.0873. The van der Waals surface area contributed by atoms with Crippen LogP contribution in [0.4, 0.5) is 0 Å². The summed E-state index contributed by atoms with van der Waals surface area (Å²) in [7, 11) is 4.33. The van der Waals surface area contributed by atoms with E-state index in [0.717, 1.165) is 32.6 Å². The Morgan fingerprint density at radius 3 is 2.11 bits per heavy atom. The smallest absolute Gasteiger partial charge is 0.222 e. The minimum Gasteiger partial charge on any atom is -0.356 e. The molecule has 0 unspecified atom stereocenters. The van der Waals surface area contributed by atoms with E-state index in [1.807, 2.05) is 13.8 Å². The van der Waals surface area contributed by atoms with E-state index in [1.165, 1.54) is 6.42 Å². The Kier molecular flexibility index (Phi) is 9.88. The van der Waals surface area contributed by atoms with Gasteiger partial charge in [-0.05, 0) is 60.4 Å².